The lowest BCUT2D eigenvalue weighted by Gasteiger charge is -2.15. The molecule has 5 heteroatoms. The Morgan fingerprint density at radius 1 is 1.00 bits per heavy atom. The van der Waals surface area contributed by atoms with Crippen molar-refractivity contribution in [3.05, 3.63) is 93.9 Å². The van der Waals surface area contributed by atoms with Crippen LogP contribution in [0, 0.1) is 0 Å². The molecule has 2 aromatic carbocycles. The maximum absolute atomic E-state index is 12.5. The Bertz CT molecular complexity index is 1080. The Morgan fingerprint density at radius 2 is 1.73 bits per heavy atom. The van der Waals surface area contributed by atoms with Gasteiger partial charge >= 0.3 is 0 Å². The van der Waals surface area contributed by atoms with E-state index in [-0.39, 0.29) is 11.5 Å². The summed E-state index contributed by atoms with van der Waals surface area (Å²) < 4.78 is 1.44. The minimum absolute atomic E-state index is 0.197. The highest BCUT2D eigenvalue weighted by molar-refractivity contribution is 5.94. The summed E-state index contributed by atoms with van der Waals surface area (Å²) in [6.07, 6.45) is 4.21. The van der Waals surface area contributed by atoms with Crippen LogP contribution in [0.5, 0.6) is 0 Å². The average Bonchev–Trinajstić information content (AvgIpc) is 3.28. The van der Waals surface area contributed by atoms with Gasteiger partial charge in [0, 0.05) is 38.0 Å². The van der Waals surface area contributed by atoms with Crippen molar-refractivity contribution >= 4 is 5.91 Å². The summed E-state index contributed by atoms with van der Waals surface area (Å²) >= 11 is 0. The van der Waals surface area contributed by atoms with Gasteiger partial charge in [0.05, 0.1) is 0 Å². The molecule has 0 bridgehead atoms. The molecule has 2 heterocycles. The molecule has 5 nitrogen and oxygen atoms in total. The van der Waals surface area contributed by atoms with E-state index in [1.54, 1.807) is 19.3 Å². The van der Waals surface area contributed by atoms with Gasteiger partial charge in [0.15, 0.2) is 0 Å². The van der Waals surface area contributed by atoms with Gasteiger partial charge in [-0.2, -0.15) is 0 Å². The molecule has 0 saturated carbocycles. The van der Waals surface area contributed by atoms with Gasteiger partial charge in [-0.05, 0) is 54.3 Å². The van der Waals surface area contributed by atoms with Crippen molar-refractivity contribution in [2.45, 2.75) is 25.9 Å². The van der Waals surface area contributed by atoms with Gasteiger partial charge < -0.3 is 9.88 Å². The molecular weight excluding hydrogens is 374 g/mol. The van der Waals surface area contributed by atoms with Crippen molar-refractivity contribution in [1.82, 2.24) is 14.8 Å². The summed E-state index contributed by atoms with van der Waals surface area (Å²) in [6, 6.07) is 19.8. The molecule has 0 radical (unpaired) electrons. The number of rotatable bonds is 6. The molecule has 1 fully saturated rings. The molecule has 1 aliphatic rings. The van der Waals surface area contributed by atoms with Gasteiger partial charge in [-0.3, -0.25) is 14.5 Å². The van der Waals surface area contributed by atoms with Gasteiger partial charge in [-0.1, -0.05) is 48.5 Å². The highest BCUT2D eigenvalue weighted by Gasteiger charge is 2.12. The van der Waals surface area contributed by atoms with Crippen molar-refractivity contribution in [2.75, 3.05) is 13.1 Å². The van der Waals surface area contributed by atoms with E-state index < -0.39 is 0 Å². The second-order valence-corrected chi connectivity index (χ2v) is 7.88. The maximum atomic E-state index is 12.5. The number of carbonyl (C=O) groups is 1. The number of pyridine rings is 1. The molecule has 0 unspecified atom stereocenters. The zero-order valence-corrected chi connectivity index (χ0v) is 17.3. The zero-order chi connectivity index (χ0) is 20.9. The van der Waals surface area contributed by atoms with Gasteiger partial charge in [-0.25, -0.2) is 0 Å². The molecule has 4 rings (SSSR count). The number of nitrogens with zero attached hydrogens (tertiary/aromatic N) is 2. The Morgan fingerprint density at radius 3 is 2.47 bits per heavy atom. The van der Waals surface area contributed by atoms with Gasteiger partial charge in [0.1, 0.15) is 0 Å². The van der Waals surface area contributed by atoms with Crippen molar-refractivity contribution in [1.29, 1.82) is 0 Å². The third-order valence-electron chi connectivity index (χ3n) is 5.69. The SMILES string of the molecule is Cn1ccc(C(=O)NCc2ccccc2-c2ccc(CN3CCCC3)cc2)cc1=O. The number of amides is 1. The molecule has 1 N–H and O–H groups in total. The normalized spacial score (nSPS) is 14.0. The smallest absolute Gasteiger partial charge is 0.251 e. The molecule has 0 atom stereocenters. The van der Waals surface area contributed by atoms with E-state index in [2.05, 4.69) is 40.5 Å². The Kier molecular flexibility index (Phi) is 6.10. The first-order chi connectivity index (χ1) is 14.6. The predicted octanol–water partition coefficient (Wildman–Crippen LogP) is 3.58. The number of nitrogens with one attached hydrogen (secondary N) is 1. The Balaban J connectivity index is 1.46. The molecule has 30 heavy (non-hydrogen) atoms. The molecule has 154 valence electrons. The van der Waals surface area contributed by atoms with Crippen molar-refractivity contribution < 1.29 is 4.79 Å². The molecule has 0 aliphatic carbocycles. The van der Waals surface area contributed by atoms with Crippen LogP contribution in [0.3, 0.4) is 0 Å². The molecule has 1 saturated heterocycles. The number of hydrogen-bond donors (Lipinski definition) is 1. The second kappa shape index (κ2) is 9.09. The summed E-state index contributed by atoms with van der Waals surface area (Å²) in [7, 11) is 1.66. The summed E-state index contributed by atoms with van der Waals surface area (Å²) in [6.45, 7) is 3.80. The number of carbonyl (C=O) groups excluding carboxylic acids is 1. The fourth-order valence-corrected chi connectivity index (χ4v) is 3.91. The van der Waals surface area contributed by atoms with Crippen molar-refractivity contribution in [3.63, 3.8) is 0 Å². The lowest BCUT2D eigenvalue weighted by atomic mass is 9.98. The summed E-state index contributed by atoms with van der Waals surface area (Å²) in [4.78, 5) is 26.7. The van der Waals surface area contributed by atoms with Crippen LogP contribution in [0.2, 0.25) is 0 Å². The molecule has 1 aliphatic heterocycles. The molecule has 1 aromatic heterocycles. The minimum Gasteiger partial charge on any atom is -0.348 e. The third kappa shape index (κ3) is 4.69. The van der Waals surface area contributed by atoms with E-state index in [9.17, 15) is 9.59 Å². The summed E-state index contributed by atoms with van der Waals surface area (Å²) in [5.74, 6) is -0.247. The highest BCUT2D eigenvalue weighted by Crippen LogP contribution is 2.25. The van der Waals surface area contributed by atoms with E-state index in [0.29, 0.717) is 12.1 Å². The van der Waals surface area contributed by atoms with E-state index in [1.165, 1.54) is 42.1 Å². The van der Waals surface area contributed by atoms with Crippen LogP contribution in [0.25, 0.3) is 11.1 Å². The number of hydrogen-bond acceptors (Lipinski definition) is 3. The Hall–Kier alpha value is -3.18. The van der Waals surface area contributed by atoms with Crippen molar-refractivity contribution in [3.8, 4) is 11.1 Å². The zero-order valence-electron chi connectivity index (χ0n) is 17.3. The first-order valence-electron chi connectivity index (χ1n) is 10.4. The fraction of sp³-hybridized carbons (Fsp3) is 0.280. The van der Waals surface area contributed by atoms with Crippen LogP contribution in [0.1, 0.15) is 34.3 Å². The topological polar surface area (TPSA) is 54.3 Å². The molecular formula is C25H27N3O2. The lowest BCUT2D eigenvalue weighted by molar-refractivity contribution is 0.0950. The molecule has 0 spiro atoms. The molecule has 3 aromatic rings. The van der Waals surface area contributed by atoms with Crippen LogP contribution >= 0.6 is 0 Å². The quantitative estimate of drug-likeness (QED) is 0.687. The van der Waals surface area contributed by atoms with E-state index in [0.717, 1.165) is 23.2 Å². The standard InChI is InChI=1S/C25H27N3O2/c1-27-15-12-21(16-24(27)29)25(30)26-17-22-6-2-3-7-23(22)20-10-8-19(9-11-20)18-28-13-4-5-14-28/h2-3,6-12,15-16H,4-5,13-14,17-18H2,1H3,(H,26,30). The van der Waals surface area contributed by atoms with E-state index >= 15 is 0 Å². The van der Waals surface area contributed by atoms with E-state index in [1.807, 2.05) is 18.2 Å². The summed E-state index contributed by atoms with van der Waals surface area (Å²) in [5.41, 5.74) is 4.80. The minimum atomic E-state index is -0.247. The maximum Gasteiger partial charge on any atom is 0.251 e. The Labute approximate surface area is 177 Å². The van der Waals surface area contributed by atoms with Gasteiger partial charge in [-0.15, -0.1) is 0 Å². The largest absolute Gasteiger partial charge is 0.348 e. The van der Waals surface area contributed by atoms with Crippen LogP contribution in [-0.4, -0.2) is 28.5 Å². The predicted molar refractivity (Wildman–Crippen MR) is 119 cm³/mol. The van der Waals surface area contributed by atoms with Crippen LogP contribution in [0.4, 0.5) is 0 Å². The van der Waals surface area contributed by atoms with Gasteiger partial charge in [0.25, 0.3) is 11.5 Å². The monoisotopic (exact) mass is 401 g/mol. The lowest BCUT2D eigenvalue weighted by Crippen LogP contribution is -2.25. The first kappa shape index (κ1) is 20.1. The van der Waals surface area contributed by atoms with Crippen LogP contribution in [0.15, 0.2) is 71.7 Å². The number of aromatic nitrogens is 1. The summed E-state index contributed by atoms with van der Waals surface area (Å²) in [5, 5.41) is 2.94. The second-order valence-electron chi connectivity index (χ2n) is 7.88. The highest BCUT2D eigenvalue weighted by atomic mass is 16.2. The third-order valence-corrected chi connectivity index (χ3v) is 5.69. The number of likely N-dealkylation sites (tertiary alicyclic amines) is 1. The van der Waals surface area contributed by atoms with Gasteiger partial charge in [0.2, 0.25) is 0 Å². The van der Waals surface area contributed by atoms with E-state index in [4.69, 9.17) is 0 Å². The van der Waals surface area contributed by atoms with Crippen LogP contribution in [-0.2, 0) is 20.1 Å². The average molecular weight is 402 g/mol. The number of benzene rings is 2. The van der Waals surface area contributed by atoms with Crippen molar-refractivity contribution in [2.24, 2.45) is 7.05 Å². The fourth-order valence-electron chi connectivity index (χ4n) is 3.91. The first-order valence-corrected chi connectivity index (χ1v) is 10.4. The van der Waals surface area contributed by atoms with Crippen LogP contribution < -0.4 is 10.9 Å². The number of aryl methyl sites for hydroxylation is 1. The molecule has 1 amide bonds.